The zero-order valence-corrected chi connectivity index (χ0v) is 7.53. The van der Waals surface area contributed by atoms with E-state index in [9.17, 15) is 4.79 Å². The maximum Gasteiger partial charge on any atom is 0.237 e. The maximum atomic E-state index is 11.1. The van der Waals surface area contributed by atoms with Gasteiger partial charge in [0.05, 0.1) is 13.2 Å². The highest BCUT2D eigenvalue weighted by Crippen LogP contribution is 2.13. The molecule has 1 unspecified atom stereocenters. The molecule has 2 aliphatic heterocycles. The Bertz CT molecular complexity index is 206. The molecule has 0 aromatic heterocycles. The Morgan fingerprint density at radius 1 is 1.54 bits per heavy atom. The Morgan fingerprint density at radius 3 is 2.85 bits per heavy atom. The van der Waals surface area contributed by atoms with E-state index in [-0.39, 0.29) is 11.9 Å². The molecule has 74 valence electrons. The Morgan fingerprint density at radius 2 is 2.31 bits per heavy atom. The molecule has 13 heavy (non-hydrogen) atoms. The van der Waals surface area contributed by atoms with Crippen molar-refractivity contribution in [3.05, 3.63) is 0 Å². The van der Waals surface area contributed by atoms with Crippen LogP contribution in [-0.4, -0.2) is 55.7 Å². The predicted octanol–water partition coefficient (Wildman–Crippen LogP) is -1.86. The van der Waals surface area contributed by atoms with Crippen molar-refractivity contribution in [3.8, 4) is 0 Å². The van der Waals surface area contributed by atoms with Gasteiger partial charge in [-0.3, -0.25) is 9.69 Å². The lowest BCUT2D eigenvalue weighted by molar-refractivity contribution is -0.132. The smallest absolute Gasteiger partial charge is 0.237 e. The van der Waals surface area contributed by atoms with E-state index in [1.807, 2.05) is 0 Å². The third-order valence-electron chi connectivity index (χ3n) is 2.73. The summed E-state index contributed by atoms with van der Waals surface area (Å²) >= 11 is 0. The van der Waals surface area contributed by atoms with Crippen LogP contribution in [0.2, 0.25) is 0 Å². The van der Waals surface area contributed by atoms with E-state index >= 15 is 0 Å². The topological polar surface area (TPSA) is 67.6 Å². The second-order valence-electron chi connectivity index (χ2n) is 3.54. The number of rotatable bonds is 2. The minimum absolute atomic E-state index is 0.221. The summed E-state index contributed by atoms with van der Waals surface area (Å²) < 4.78 is 5.23. The van der Waals surface area contributed by atoms with Crippen LogP contribution in [0.4, 0.5) is 0 Å². The van der Waals surface area contributed by atoms with Gasteiger partial charge >= 0.3 is 0 Å². The van der Waals surface area contributed by atoms with Crippen LogP contribution >= 0.6 is 0 Å². The van der Waals surface area contributed by atoms with Gasteiger partial charge in [0.15, 0.2) is 0 Å². The van der Waals surface area contributed by atoms with Crippen molar-refractivity contribution in [3.63, 3.8) is 0 Å². The standard InChI is InChI=1S/C8H15N3O2/c9-8(12)7-5-13-2-1-11(7)6-3-10-4-6/h6-7,10H,1-5H2,(H2,9,12). The van der Waals surface area contributed by atoms with Crippen LogP contribution < -0.4 is 11.1 Å². The third-order valence-corrected chi connectivity index (χ3v) is 2.73. The van der Waals surface area contributed by atoms with Crippen LogP contribution in [0, 0.1) is 0 Å². The molecule has 1 amide bonds. The van der Waals surface area contributed by atoms with Gasteiger partial charge in [-0.15, -0.1) is 0 Å². The molecule has 2 fully saturated rings. The summed E-state index contributed by atoms with van der Waals surface area (Å²) in [4.78, 5) is 13.2. The minimum Gasteiger partial charge on any atom is -0.378 e. The SMILES string of the molecule is NC(=O)C1COCCN1C1CNC1. The van der Waals surface area contributed by atoms with Gasteiger partial charge in [0.1, 0.15) is 6.04 Å². The fourth-order valence-corrected chi connectivity index (χ4v) is 1.81. The number of amides is 1. The second kappa shape index (κ2) is 3.61. The van der Waals surface area contributed by atoms with Crippen LogP contribution in [0.3, 0.4) is 0 Å². The largest absolute Gasteiger partial charge is 0.378 e. The van der Waals surface area contributed by atoms with E-state index in [0.717, 1.165) is 19.6 Å². The Hall–Kier alpha value is -0.650. The fourth-order valence-electron chi connectivity index (χ4n) is 1.81. The first-order chi connectivity index (χ1) is 6.29. The van der Waals surface area contributed by atoms with Crippen LogP contribution in [0.5, 0.6) is 0 Å². The van der Waals surface area contributed by atoms with Gasteiger partial charge in [0.2, 0.25) is 5.91 Å². The van der Waals surface area contributed by atoms with Crippen LogP contribution in [0.1, 0.15) is 0 Å². The summed E-state index contributed by atoms with van der Waals surface area (Å²) in [5, 5.41) is 3.18. The van der Waals surface area contributed by atoms with Crippen molar-refractivity contribution in [2.24, 2.45) is 5.73 Å². The number of morpholine rings is 1. The first kappa shape index (κ1) is 8.93. The second-order valence-corrected chi connectivity index (χ2v) is 3.54. The molecule has 2 saturated heterocycles. The summed E-state index contributed by atoms with van der Waals surface area (Å²) in [6.45, 7) is 3.90. The lowest BCUT2D eigenvalue weighted by atomic mass is 10.1. The molecule has 0 radical (unpaired) electrons. The number of ether oxygens (including phenoxy) is 1. The number of nitrogens with one attached hydrogen (secondary N) is 1. The van der Waals surface area contributed by atoms with Gasteiger partial charge in [0, 0.05) is 25.7 Å². The number of hydrogen-bond acceptors (Lipinski definition) is 4. The van der Waals surface area contributed by atoms with Gasteiger partial charge in [-0.1, -0.05) is 0 Å². The zero-order valence-electron chi connectivity index (χ0n) is 7.53. The van der Waals surface area contributed by atoms with Gasteiger partial charge in [-0.2, -0.15) is 0 Å². The molecule has 0 spiro atoms. The van der Waals surface area contributed by atoms with Crippen LogP contribution in [-0.2, 0) is 9.53 Å². The van der Waals surface area contributed by atoms with E-state index in [4.69, 9.17) is 10.5 Å². The van der Waals surface area contributed by atoms with Crippen molar-refractivity contribution in [2.75, 3.05) is 32.8 Å². The van der Waals surface area contributed by atoms with Crippen molar-refractivity contribution in [2.45, 2.75) is 12.1 Å². The molecule has 0 saturated carbocycles. The van der Waals surface area contributed by atoms with Gasteiger partial charge in [-0.25, -0.2) is 0 Å². The molecule has 2 heterocycles. The Labute approximate surface area is 77.2 Å². The lowest BCUT2D eigenvalue weighted by Crippen LogP contribution is -2.65. The molecular weight excluding hydrogens is 170 g/mol. The molecule has 0 aromatic rings. The van der Waals surface area contributed by atoms with Crippen molar-refractivity contribution in [1.29, 1.82) is 0 Å². The third kappa shape index (κ3) is 1.67. The molecule has 0 bridgehead atoms. The highest BCUT2D eigenvalue weighted by molar-refractivity contribution is 5.80. The highest BCUT2D eigenvalue weighted by Gasteiger charge is 2.35. The molecule has 2 rings (SSSR count). The van der Waals surface area contributed by atoms with E-state index in [2.05, 4.69) is 10.2 Å². The molecule has 5 heteroatoms. The van der Waals surface area contributed by atoms with Gasteiger partial charge in [-0.05, 0) is 0 Å². The van der Waals surface area contributed by atoms with E-state index in [1.165, 1.54) is 0 Å². The zero-order chi connectivity index (χ0) is 9.26. The average Bonchev–Trinajstić information content (AvgIpc) is 2.02. The summed E-state index contributed by atoms with van der Waals surface area (Å²) in [5.74, 6) is -0.272. The summed E-state index contributed by atoms with van der Waals surface area (Å²) in [5.41, 5.74) is 5.29. The summed E-state index contributed by atoms with van der Waals surface area (Å²) in [7, 11) is 0. The molecule has 0 aliphatic carbocycles. The number of nitrogens with zero attached hydrogens (tertiary/aromatic N) is 1. The Kier molecular flexibility index (Phi) is 2.48. The lowest BCUT2D eigenvalue weighted by Gasteiger charge is -2.43. The number of carbonyl (C=O) groups is 1. The van der Waals surface area contributed by atoms with Crippen molar-refractivity contribution < 1.29 is 9.53 Å². The van der Waals surface area contributed by atoms with E-state index in [1.54, 1.807) is 0 Å². The monoisotopic (exact) mass is 185 g/mol. The minimum atomic E-state index is -0.272. The summed E-state index contributed by atoms with van der Waals surface area (Å²) in [6, 6.07) is 0.252. The number of primary amides is 1. The van der Waals surface area contributed by atoms with Crippen LogP contribution in [0.15, 0.2) is 0 Å². The molecule has 2 aliphatic rings. The molecule has 0 aromatic carbocycles. The van der Waals surface area contributed by atoms with E-state index in [0.29, 0.717) is 19.3 Å². The maximum absolute atomic E-state index is 11.1. The normalized spacial score (nSPS) is 31.2. The van der Waals surface area contributed by atoms with Gasteiger partial charge in [0.25, 0.3) is 0 Å². The Balaban J connectivity index is 1.99. The van der Waals surface area contributed by atoms with E-state index < -0.39 is 0 Å². The molecule has 5 nitrogen and oxygen atoms in total. The predicted molar refractivity (Wildman–Crippen MR) is 47.2 cm³/mol. The summed E-state index contributed by atoms with van der Waals surface area (Å²) in [6.07, 6.45) is 0. The fraction of sp³-hybridized carbons (Fsp3) is 0.875. The van der Waals surface area contributed by atoms with Crippen molar-refractivity contribution in [1.82, 2.24) is 10.2 Å². The number of carbonyl (C=O) groups excluding carboxylic acids is 1. The van der Waals surface area contributed by atoms with Crippen molar-refractivity contribution >= 4 is 5.91 Å². The molecule has 3 N–H and O–H groups in total. The molecular formula is C8H15N3O2. The quantitative estimate of drug-likeness (QED) is 0.529. The first-order valence-corrected chi connectivity index (χ1v) is 4.62. The van der Waals surface area contributed by atoms with Crippen LogP contribution in [0.25, 0.3) is 0 Å². The molecule has 1 atom stereocenters. The number of nitrogens with two attached hydrogens (primary N) is 1. The first-order valence-electron chi connectivity index (χ1n) is 4.62. The number of hydrogen-bond donors (Lipinski definition) is 2. The highest BCUT2D eigenvalue weighted by atomic mass is 16.5. The average molecular weight is 185 g/mol. The van der Waals surface area contributed by atoms with Gasteiger partial charge < -0.3 is 15.8 Å².